The molecule has 1 heterocycles. The third-order valence-electron chi connectivity index (χ3n) is 3.68. The van der Waals surface area contributed by atoms with E-state index in [1.807, 2.05) is 18.2 Å². The highest BCUT2D eigenvalue weighted by Gasteiger charge is 2.22. The molecule has 0 fully saturated rings. The molecule has 0 bridgehead atoms. The summed E-state index contributed by atoms with van der Waals surface area (Å²) in [7, 11) is 0. The minimum atomic E-state index is -0.944. The van der Waals surface area contributed by atoms with Crippen LogP contribution in [-0.2, 0) is 16.0 Å². The molecule has 112 valence electrons. The van der Waals surface area contributed by atoms with Crippen molar-refractivity contribution in [2.45, 2.75) is 32.1 Å². The molecule has 1 aliphatic rings. The van der Waals surface area contributed by atoms with E-state index in [9.17, 15) is 9.59 Å². The van der Waals surface area contributed by atoms with Gasteiger partial charge in [0.1, 0.15) is 0 Å². The fourth-order valence-corrected chi connectivity index (χ4v) is 2.59. The van der Waals surface area contributed by atoms with Gasteiger partial charge in [0.05, 0.1) is 6.42 Å². The zero-order valence-electron chi connectivity index (χ0n) is 12.1. The summed E-state index contributed by atoms with van der Waals surface area (Å²) in [5.41, 5.74) is 1.74. The summed E-state index contributed by atoms with van der Waals surface area (Å²) in [5, 5.41) is 8.80. The van der Waals surface area contributed by atoms with E-state index in [4.69, 9.17) is 5.11 Å². The van der Waals surface area contributed by atoms with E-state index < -0.39 is 5.97 Å². The predicted octanol–water partition coefficient (Wildman–Crippen LogP) is 2.64. The van der Waals surface area contributed by atoms with Crippen LogP contribution >= 0.6 is 0 Å². The molecular formula is C17H21NO3. The Hall–Kier alpha value is -2.10. The number of carbonyl (C=O) groups is 2. The number of hydrogen-bond donors (Lipinski definition) is 1. The average Bonchev–Trinajstić information content (AvgIpc) is 2.48. The van der Waals surface area contributed by atoms with E-state index in [-0.39, 0.29) is 12.3 Å². The Labute approximate surface area is 125 Å². The van der Waals surface area contributed by atoms with E-state index in [0.717, 1.165) is 25.7 Å². The summed E-state index contributed by atoms with van der Waals surface area (Å²) < 4.78 is 0. The highest BCUT2D eigenvalue weighted by molar-refractivity contribution is 5.98. The van der Waals surface area contributed by atoms with Crippen molar-refractivity contribution in [2.75, 3.05) is 13.1 Å². The Morgan fingerprint density at radius 3 is 2.67 bits per heavy atom. The third kappa shape index (κ3) is 4.74. The molecule has 0 aromatic heterocycles. The molecular weight excluding hydrogens is 266 g/mol. The Bertz CT molecular complexity index is 522. The number of aryl methyl sites for hydroxylation is 1. The largest absolute Gasteiger partial charge is 0.481 e. The number of hydrogen-bond acceptors (Lipinski definition) is 2. The van der Waals surface area contributed by atoms with Crippen molar-refractivity contribution in [3.63, 3.8) is 0 Å². The first-order valence-corrected chi connectivity index (χ1v) is 7.41. The Kier molecular flexibility index (Phi) is 5.55. The first-order chi connectivity index (χ1) is 10.2. The van der Waals surface area contributed by atoms with Crippen LogP contribution in [0.5, 0.6) is 0 Å². The molecule has 0 radical (unpaired) electrons. The molecule has 21 heavy (non-hydrogen) atoms. The number of benzene rings is 1. The SMILES string of the molecule is O=C(O)CC1=CCCN(CCCCc2ccccc2)C1=O. The molecule has 1 aromatic carbocycles. The standard InChI is InChI=1S/C17H21NO3/c19-16(20)13-15-10-6-12-18(17(15)21)11-5-4-9-14-7-2-1-3-8-14/h1-3,7-8,10H,4-6,9,11-13H2,(H,19,20). The predicted molar refractivity (Wildman–Crippen MR) is 80.9 cm³/mol. The van der Waals surface area contributed by atoms with Crippen LogP contribution in [0.2, 0.25) is 0 Å². The molecule has 1 aliphatic heterocycles. The smallest absolute Gasteiger partial charge is 0.308 e. The lowest BCUT2D eigenvalue weighted by Gasteiger charge is -2.26. The van der Waals surface area contributed by atoms with Crippen LogP contribution in [0, 0.1) is 0 Å². The summed E-state index contributed by atoms with van der Waals surface area (Å²) >= 11 is 0. The van der Waals surface area contributed by atoms with Crippen LogP contribution in [0.4, 0.5) is 0 Å². The molecule has 0 aliphatic carbocycles. The van der Waals surface area contributed by atoms with Crippen molar-refractivity contribution in [1.82, 2.24) is 4.90 Å². The van der Waals surface area contributed by atoms with Crippen LogP contribution < -0.4 is 0 Å². The van der Waals surface area contributed by atoms with E-state index in [1.165, 1.54) is 5.56 Å². The summed E-state index contributed by atoms with van der Waals surface area (Å²) in [6.07, 6.45) is 5.34. The molecule has 2 rings (SSSR count). The summed E-state index contributed by atoms with van der Waals surface area (Å²) in [6, 6.07) is 10.3. The molecule has 1 amide bonds. The minimum Gasteiger partial charge on any atom is -0.481 e. The second kappa shape index (κ2) is 7.62. The maximum Gasteiger partial charge on any atom is 0.308 e. The molecule has 4 nitrogen and oxygen atoms in total. The molecule has 1 N–H and O–H groups in total. The molecule has 0 saturated heterocycles. The van der Waals surface area contributed by atoms with Crippen LogP contribution in [0.3, 0.4) is 0 Å². The summed E-state index contributed by atoms with van der Waals surface area (Å²) in [5.74, 6) is -1.05. The molecule has 4 heteroatoms. The van der Waals surface area contributed by atoms with Gasteiger partial charge in [-0.3, -0.25) is 9.59 Å². The van der Waals surface area contributed by atoms with E-state index in [0.29, 0.717) is 18.7 Å². The number of unbranched alkanes of at least 4 members (excludes halogenated alkanes) is 1. The Balaban J connectivity index is 1.75. The van der Waals surface area contributed by atoms with Crippen molar-refractivity contribution >= 4 is 11.9 Å². The molecule has 1 aromatic rings. The van der Waals surface area contributed by atoms with E-state index in [1.54, 1.807) is 11.0 Å². The van der Waals surface area contributed by atoms with E-state index >= 15 is 0 Å². The highest BCUT2D eigenvalue weighted by atomic mass is 16.4. The summed E-state index contributed by atoms with van der Waals surface area (Å²) in [4.78, 5) is 24.6. The number of carboxylic acid groups (broad SMARTS) is 1. The lowest BCUT2D eigenvalue weighted by atomic mass is 10.0. The number of rotatable bonds is 7. The quantitative estimate of drug-likeness (QED) is 0.784. The normalized spacial score (nSPS) is 15.0. The van der Waals surface area contributed by atoms with Gasteiger partial charge in [0.15, 0.2) is 0 Å². The minimum absolute atomic E-state index is 0.108. The molecule has 0 saturated carbocycles. The monoisotopic (exact) mass is 287 g/mol. The highest BCUT2D eigenvalue weighted by Crippen LogP contribution is 2.16. The van der Waals surface area contributed by atoms with Crippen molar-refractivity contribution < 1.29 is 14.7 Å². The molecule has 0 spiro atoms. The van der Waals surface area contributed by atoms with Gasteiger partial charge in [-0.15, -0.1) is 0 Å². The number of nitrogens with zero attached hydrogens (tertiary/aromatic N) is 1. The third-order valence-corrected chi connectivity index (χ3v) is 3.68. The van der Waals surface area contributed by atoms with Gasteiger partial charge in [-0.2, -0.15) is 0 Å². The van der Waals surface area contributed by atoms with Crippen LogP contribution in [0.15, 0.2) is 42.0 Å². The first kappa shape index (κ1) is 15.3. The van der Waals surface area contributed by atoms with Gasteiger partial charge in [0.25, 0.3) is 0 Å². The van der Waals surface area contributed by atoms with Crippen LogP contribution in [0.1, 0.15) is 31.2 Å². The van der Waals surface area contributed by atoms with Crippen molar-refractivity contribution in [2.24, 2.45) is 0 Å². The van der Waals surface area contributed by atoms with Crippen molar-refractivity contribution in [3.8, 4) is 0 Å². The second-order valence-corrected chi connectivity index (χ2v) is 5.32. The lowest BCUT2D eigenvalue weighted by Crippen LogP contribution is -2.37. The topological polar surface area (TPSA) is 57.6 Å². The Morgan fingerprint density at radius 2 is 1.95 bits per heavy atom. The van der Waals surface area contributed by atoms with Gasteiger partial charge in [0.2, 0.25) is 5.91 Å². The fraction of sp³-hybridized carbons (Fsp3) is 0.412. The number of carbonyl (C=O) groups excluding carboxylic acids is 1. The van der Waals surface area contributed by atoms with Crippen molar-refractivity contribution in [1.29, 1.82) is 0 Å². The van der Waals surface area contributed by atoms with Gasteiger partial charge in [0, 0.05) is 18.7 Å². The zero-order valence-corrected chi connectivity index (χ0v) is 12.1. The van der Waals surface area contributed by atoms with Gasteiger partial charge in [-0.05, 0) is 31.2 Å². The van der Waals surface area contributed by atoms with Crippen molar-refractivity contribution in [3.05, 3.63) is 47.5 Å². The number of carboxylic acids is 1. The van der Waals surface area contributed by atoms with E-state index in [2.05, 4.69) is 12.1 Å². The maximum atomic E-state index is 12.1. The lowest BCUT2D eigenvalue weighted by molar-refractivity contribution is -0.138. The van der Waals surface area contributed by atoms with Gasteiger partial charge >= 0.3 is 5.97 Å². The summed E-state index contributed by atoms with van der Waals surface area (Å²) in [6.45, 7) is 1.41. The molecule has 0 atom stereocenters. The number of aliphatic carboxylic acids is 1. The molecule has 0 unspecified atom stereocenters. The van der Waals surface area contributed by atoms with Gasteiger partial charge in [-0.25, -0.2) is 0 Å². The second-order valence-electron chi connectivity index (χ2n) is 5.32. The fourth-order valence-electron chi connectivity index (χ4n) is 2.59. The number of amides is 1. The first-order valence-electron chi connectivity index (χ1n) is 7.41. The maximum absolute atomic E-state index is 12.1. The van der Waals surface area contributed by atoms with Crippen LogP contribution in [-0.4, -0.2) is 35.0 Å². The van der Waals surface area contributed by atoms with Gasteiger partial charge in [-0.1, -0.05) is 36.4 Å². The Morgan fingerprint density at radius 1 is 1.19 bits per heavy atom. The average molecular weight is 287 g/mol. The zero-order chi connectivity index (χ0) is 15.1. The van der Waals surface area contributed by atoms with Crippen LogP contribution in [0.25, 0.3) is 0 Å². The van der Waals surface area contributed by atoms with Gasteiger partial charge < -0.3 is 10.0 Å².